The maximum absolute atomic E-state index is 10.0. The second kappa shape index (κ2) is 1.43. The predicted octanol–water partition coefficient (Wildman–Crippen LogP) is -1.21. The van der Waals surface area contributed by atoms with Crippen LogP contribution in [-0.2, 0) is 14.6 Å². The molecule has 5 heteroatoms. The first kappa shape index (κ1) is 5.02. The van der Waals surface area contributed by atoms with Crippen molar-refractivity contribution < 1.29 is 16.8 Å². The number of aliphatic hydroxyl groups is 1. The van der Waals surface area contributed by atoms with Gasteiger partial charge in [-0.3, -0.25) is 4.18 Å². The van der Waals surface area contributed by atoms with E-state index in [1.165, 1.54) is 0 Å². The lowest BCUT2D eigenvalue weighted by molar-refractivity contribution is 0.184. The van der Waals surface area contributed by atoms with Gasteiger partial charge in [-0.25, -0.2) is 4.18 Å². The van der Waals surface area contributed by atoms with Crippen molar-refractivity contribution in [2.45, 2.75) is 0 Å². The molecule has 1 aliphatic heterocycles. The van der Waals surface area contributed by atoms with Gasteiger partial charge in [-0.05, 0) is 0 Å². The molecule has 0 aliphatic carbocycles. The van der Waals surface area contributed by atoms with Crippen LogP contribution in [0.3, 0.4) is 0 Å². The van der Waals surface area contributed by atoms with Crippen LogP contribution in [-0.4, -0.2) is 25.8 Å². The van der Waals surface area contributed by atoms with E-state index >= 15 is 0 Å². The Morgan fingerprint density at radius 3 is 2.43 bits per heavy atom. The molecule has 42 valence electrons. The summed E-state index contributed by atoms with van der Waals surface area (Å²) in [5.41, 5.74) is 0. The van der Waals surface area contributed by atoms with Crippen LogP contribution >= 0.6 is 0 Å². The molecular formula is C2H5O4S+. The first-order chi connectivity index (χ1) is 3.21. The van der Waals surface area contributed by atoms with Crippen LogP contribution in [0.4, 0.5) is 0 Å². The Hall–Kier alpha value is -0.130. The van der Waals surface area contributed by atoms with E-state index in [0.717, 1.165) is 0 Å². The SMILES string of the molecule is O=S1(=O)OCC[OH+]1. The fourth-order valence-electron chi connectivity index (χ4n) is 0.329. The summed E-state index contributed by atoms with van der Waals surface area (Å²) >= 11 is 0. The van der Waals surface area contributed by atoms with Gasteiger partial charge >= 0.3 is 10.4 Å². The second-order valence-electron chi connectivity index (χ2n) is 1.10. The minimum atomic E-state index is -3.42. The molecule has 4 nitrogen and oxygen atoms in total. The molecule has 0 spiro atoms. The van der Waals surface area contributed by atoms with E-state index in [4.69, 9.17) is 0 Å². The summed E-state index contributed by atoms with van der Waals surface area (Å²) < 4.78 is 27.3. The molecule has 7 heavy (non-hydrogen) atoms. The maximum Gasteiger partial charge on any atom is 0.530 e. The summed E-state index contributed by atoms with van der Waals surface area (Å²) in [5, 5.41) is 0. The second-order valence-corrected chi connectivity index (χ2v) is 2.45. The molecular weight excluding hydrogens is 120 g/mol. The topological polar surface area (TPSA) is 56.2 Å². The Bertz CT molecular complexity index is 133. The van der Waals surface area contributed by atoms with E-state index in [1.54, 1.807) is 0 Å². The zero-order valence-electron chi connectivity index (χ0n) is 3.49. The van der Waals surface area contributed by atoms with Gasteiger partial charge in [-0.1, -0.05) is 0 Å². The van der Waals surface area contributed by atoms with Crippen molar-refractivity contribution in [2.75, 3.05) is 13.2 Å². The van der Waals surface area contributed by atoms with E-state index in [0.29, 0.717) is 0 Å². The van der Waals surface area contributed by atoms with Crippen LogP contribution in [0.15, 0.2) is 0 Å². The molecule has 1 heterocycles. The minimum absolute atomic E-state index is 0.211. The molecule has 1 rings (SSSR count). The lowest BCUT2D eigenvalue weighted by Crippen LogP contribution is -1.99. The molecule has 0 bridgehead atoms. The Morgan fingerprint density at radius 1 is 1.57 bits per heavy atom. The van der Waals surface area contributed by atoms with E-state index in [2.05, 4.69) is 8.37 Å². The highest BCUT2D eigenvalue weighted by molar-refractivity contribution is 7.81. The normalized spacial score (nSPS) is 28.0. The largest absolute Gasteiger partial charge is 0.530 e. The highest BCUT2D eigenvalue weighted by atomic mass is 32.3. The lowest BCUT2D eigenvalue weighted by atomic mass is 10.8. The van der Waals surface area contributed by atoms with E-state index in [1.807, 2.05) is 0 Å². The quantitative estimate of drug-likeness (QED) is 0.301. The molecule has 0 aromatic rings. The molecule has 0 amide bonds. The molecule has 1 N–H and O–H groups in total. The predicted molar refractivity (Wildman–Crippen MR) is 22.0 cm³/mol. The summed E-state index contributed by atoms with van der Waals surface area (Å²) in [4.78, 5) is 0. The Balaban J connectivity index is 2.76. The molecule has 0 aromatic heterocycles. The summed E-state index contributed by atoms with van der Waals surface area (Å²) in [7, 11) is -3.42. The molecule has 0 unspecified atom stereocenters. The monoisotopic (exact) mass is 125 g/mol. The minimum Gasteiger partial charge on any atom is -0.296 e. The fraction of sp³-hybridized carbons (Fsp3) is 1.00. The van der Waals surface area contributed by atoms with Gasteiger partial charge in [-0.2, -0.15) is 0 Å². The van der Waals surface area contributed by atoms with Crippen LogP contribution in [0, 0.1) is 0 Å². The van der Waals surface area contributed by atoms with Gasteiger partial charge in [0.2, 0.25) is 0 Å². The van der Waals surface area contributed by atoms with Gasteiger partial charge in [0.15, 0.2) is 6.61 Å². The van der Waals surface area contributed by atoms with Gasteiger partial charge in [0.25, 0.3) is 0 Å². The van der Waals surface area contributed by atoms with Crippen LogP contribution in [0.1, 0.15) is 0 Å². The summed E-state index contributed by atoms with van der Waals surface area (Å²) in [5.74, 6) is 0. The first-order valence-electron chi connectivity index (χ1n) is 1.79. The van der Waals surface area contributed by atoms with Crippen molar-refractivity contribution in [3.63, 3.8) is 0 Å². The summed E-state index contributed by atoms with van der Waals surface area (Å²) in [6.07, 6.45) is 0. The Morgan fingerprint density at radius 2 is 2.29 bits per heavy atom. The van der Waals surface area contributed by atoms with Crippen molar-refractivity contribution in [1.82, 2.24) is 0 Å². The third-order valence-electron chi connectivity index (χ3n) is 0.573. The zero-order chi connectivity index (χ0) is 5.33. The van der Waals surface area contributed by atoms with Crippen molar-refractivity contribution in [3.8, 4) is 0 Å². The number of hydrogen-bond acceptors (Lipinski definition) is 3. The Labute approximate surface area is 41.4 Å². The average Bonchev–Trinajstić information content (AvgIpc) is 1.84. The van der Waals surface area contributed by atoms with Crippen molar-refractivity contribution in [2.24, 2.45) is 0 Å². The van der Waals surface area contributed by atoms with Gasteiger partial charge in [-0.15, -0.1) is 8.42 Å². The van der Waals surface area contributed by atoms with E-state index in [9.17, 15) is 8.42 Å². The standard InChI is InChI=1S/C2H4O4S/c3-7(4)5-1-2-6-7/h1-2H2/p+1. The highest BCUT2D eigenvalue weighted by Gasteiger charge is 2.24. The third-order valence-corrected chi connectivity index (χ3v) is 1.54. The van der Waals surface area contributed by atoms with Gasteiger partial charge in [0.1, 0.15) is 6.61 Å². The van der Waals surface area contributed by atoms with Crippen LogP contribution in [0.25, 0.3) is 0 Å². The number of rotatable bonds is 0. The molecule has 1 aliphatic rings. The maximum atomic E-state index is 10.0. The number of hydrogen-bond donors (Lipinski definition) is 0. The van der Waals surface area contributed by atoms with Crippen LogP contribution < -0.4 is 0 Å². The molecule has 0 radical (unpaired) electrons. The molecule has 0 saturated carbocycles. The average molecular weight is 125 g/mol. The van der Waals surface area contributed by atoms with Crippen molar-refractivity contribution in [1.29, 1.82) is 0 Å². The summed E-state index contributed by atoms with van der Waals surface area (Å²) in [6, 6.07) is 0. The van der Waals surface area contributed by atoms with Crippen LogP contribution in [0.5, 0.6) is 0 Å². The molecule has 0 aromatic carbocycles. The van der Waals surface area contributed by atoms with E-state index in [-0.39, 0.29) is 13.2 Å². The fourth-order valence-corrected chi connectivity index (χ4v) is 0.987. The smallest absolute Gasteiger partial charge is 0.296 e. The van der Waals surface area contributed by atoms with Crippen molar-refractivity contribution in [3.05, 3.63) is 0 Å². The molecule has 1 fully saturated rings. The third kappa shape index (κ3) is 1.12. The highest BCUT2D eigenvalue weighted by Crippen LogP contribution is 1.98. The van der Waals surface area contributed by atoms with Gasteiger partial charge in [0.05, 0.1) is 0 Å². The lowest BCUT2D eigenvalue weighted by Gasteiger charge is -1.77. The molecule has 1 saturated heterocycles. The van der Waals surface area contributed by atoms with Crippen LogP contribution in [0.2, 0.25) is 0 Å². The zero-order valence-corrected chi connectivity index (χ0v) is 4.31. The Kier molecular flexibility index (Phi) is 1.02. The first-order valence-corrected chi connectivity index (χ1v) is 3.15. The molecule has 0 atom stereocenters. The van der Waals surface area contributed by atoms with E-state index < -0.39 is 10.4 Å². The van der Waals surface area contributed by atoms with Gasteiger partial charge < -0.3 is 0 Å². The van der Waals surface area contributed by atoms with Crippen molar-refractivity contribution >= 4 is 10.4 Å². The van der Waals surface area contributed by atoms with Gasteiger partial charge in [0, 0.05) is 0 Å². The summed E-state index contributed by atoms with van der Waals surface area (Å²) in [6.45, 7) is 0.491.